The number of aryl methyl sites for hydroxylation is 1. The second kappa shape index (κ2) is 7.65. The van der Waals surface area contributed by atoms with E-state index >= 15 is 0 Å². The molecule has 0 unspecified atom stereocenters. The number of aliphatic hydroxyl groups is 1. The van der Waals surface area contributed by atoms with Crippen molar-refractivity contribution in [3.8, 4) is 0 Å². The number of hydrogen-bond donors (Lipinski definition) is 1. The van der Waals surface area contributed by atoms with Crippen molar-refractivity contribution in [2.45, 2.75) is 51.2 Å². The molecule has 2 aromatic heterocycles. The van der Waals surface area contributed by atoms with E-state index in [0.29, 0.717) is 11.8 Å². The lowest BCUT2D eigenvalue weighted by Gasteiger charge is -2.29. The number of benzene rings is 2. The molecule has 4 aromatic rings. The third kappa shape index (κ3) is 3.29. The zero-order valence-electron chi connectivity index (χ0n) is 17.1. The summed E-state index contributed by atoms with van der Waals surface area (Å²) in [6.45, 7) is 1.98. The smallest absolute Gasteiger partial charge is 0.261 e. The Bertz CT molecular complexity index is 1280. The summed E-state index contributed by atoms with van der Waals surface area (Å²) in [6.07, 6.45) is 7.30. The van der Waals surface area contributed by atoms with E-state index in [-0.39, 0.29) is 11.6 Å². The molecule has 0 radical (unpaired) electrons. The zero-order valence-corrected chi connectivity index (χ0v) is 17.1. The second-order valence-electron chi connectivity index (χ2n) is 8.34. The van der Waals surface area contributed by atoms with Crippen LogP contribution in [-0.2, 0) is 6.42 Å². The molecule has 2 aromatic carbocycles. The van der Waals surface area contributed by atoms with Gasteiger partial charge < -0.3 is 5.11 Å². The van der Waals surface area contributed by atoms with Crippen molar-refractivity contribution in [3.05, 3.63) is 82.2 Å². The third-order valence-electron chi connectivity index (χ3n) is 6.30. The Kier molecular flexibility index (Phi) is 4.83. The van der Waals surface area contributed by atoms with E-state index in [1.54, 1.807) is 10.9 Å². The van der Waals surface area contributed by atoms with Crippen molar-refractivity contribution in [2.75, 3.05) is 0 Å². The van der Waals surface area contributed by atoms with Gasteiger partial charge >= 0.3 is 0 Å². The monoisotopic (exact) mass is 399 g/mol. The van der Waals surface area contributed by atoms with E-state index in [1.165, 1.54) is 0 Å². The van der Waals surface area contributed by atoms with Gasteiger partial charge in [0, 0.05) is 17.3 Å². The van der Waals surface area contributed by atoms with E-state index < -0.39 is 6.10 Å². The highest BCUT2D eigenvalue weighted by Gasteiger charge is 2.26. The van der Waals surface area contributed by atoms with Crippen molar-refractivity contribution >= 4 is 21.7 Å². The first kappa shape index (κ1) is 18.9. The van der Waals surface area contributed by atoms with Crippen LogP contribution in [0.4, 0.5) is 0 Å². The summed E-state index contributed by atoms with van der Waals surface area (Å²) in [5.74, 6) is 0. The Morgan fingerprint density at radius 1 is 1.03 bits per heavy atom. The van der Waals surface area contributed by atoms with Gasteiger partial charge in [-0.3, -0.25) is 14.3 Å². The third-order valence-corrected chi connectivity index (χ3v) is 6.30. The molecule has 1 N–H and O–H groups in total. The van der Waals surface area contributed by atoms with Crippen LogP contribution in [0.5, 0.6) is 0 Å². The van der Waals surface area contributed by atoms with E-state index in [4.69, 9.17) is 0 Å². The molecule has 5 heteroatoms. The molecule has 0 amide bonds. The number of aromatic nitrogens is 3. The lowest BCUT2D eigenvalue weighted by atomic mass is 9.92. The van der Waals surface area contributed by atoms with Crippen LogP contribution in [0.3, 0.4) is 0 Å². The maximum absolute atomic E-state index is 13.5. The number of aliphatic hydroxyl groups excluding tert-OH is 1. The number of rotatable bonds is 3. The normalized spacial score (nSPS) is 19.4. The van der Waals surface area contributed by atoms with Crippen LogP contribution in [0.25, 0.3) is 21.7 Å². The standard InChI is InChI=1S/C25H25N3O2/c1-16-10-11-17(14-26-16)12-18-13-21-24(20-7-3-2-6-19(18)20)27-15-28(25(21)30)22-8-4-5-9-23(22)29/h2-3,6-7,10-11,13-15,22-23,29H,4-5,8-9,12H2,1H3/t22-,23+/m0/s1. The minimum Gasteiger partial charge on any atom is -0.391 e. The summed E-state index contributed by atoms with van der Waals surface area (Å²) in [5, 5.41) is 13.2. The Balaban J connectivity index is 1.70. The van der Waals surface area contributed by atoms with Gasteiger partial charge in [-0.2, -0.15) is 0 Å². The number of hydrogen-bond acceptors (Lipinski definition) is 4. The Morgan fingerprint density at radius 3 is 2.60 bits per heavy atom. The molecule has 5 nitrogen and oxygen atoms in total. The summed E-state index contributed by atoms with van der Waals surface area (Å²) in [6, 6.07) is 14.0. The van der Waals surface area contributed by atoms with Crippen LogP contribution in [0.15, 0.2) is 59.8 Å². The minimum atomic E-state index is -0.491. The molecule has 1 aliphatic carbocycles. The predicted octanol–water partition coefficient (Wildman–Crippen LogP) is 4.32. The fourth-order valence-electron chi connectivity index (χ4n) is 4.67. The largest absolute Gasteiger partial charge is 0.391 e. The summed E-state index contributed by atoms with van der Waals surface area (Å²) in [5.41, 5.74) is 3.84. The summed E-state index contributed by atoms with van der Waals surface area (Å²) in [7, 11) is 0. The number of fused-ring (bicyclic) bond motifs is 3. The van der Waals surface area contributed by atoms with Gasteiger partial charge in [-0.25, -0.2) is 4.98 Å². The Labute approximate surface area is 175 Å². The first-order valence-corrected chi connectivity index (χ1v) is 10.6. The Hall–Kier alpha value is -3.05. The highest BCUT2D eigenvalue weighted by molar-refractivity contribution is 6.06. The lowest BCUT2D eigenvalue weighted by Crippen LogP contribution is -2.34. The molecular formula is C25H25N3O2. The first-order chi connectivity index (χ1) is 14.6. The zero-order chi connectivity index (χ0) is 20.7. The van der Waals surface area contributed by atoms with Crippen LogP contribution < -0.4 is 5.56 Å². The highest BCUT2D eigenvalue weighted by Crippen LogP contribution is 2.30. The van der Waals surface area contributed by atoms with Crippen LogP contribution in [0.1, 0.15) is 48.5 Å². The average molecular weight is 399 g/mol. The highest BCUT2D eigenvalue weighted by atomic mass is 16.3. The fourth-order valence-corrected chi connectivity index (χ4v) is 4.67. The minimum absolute atomic E-state index is 0.0695. The lowest BCUT2D eigenvalue weighted by molar-refractivity contribution is 0.0735. The number of nitrogens with zero attached hydrogens (tertiary/aromatic N) is 3. The fraction of sp³-hybridized carbons (Fsp3) is 0.320. The van der Waals surface area contributed by atoms with Crippen molar-refractivity contribution in [3.63, 3.8) is 0 Å². The topological polar surface area (TPSA) is 68.0 Å². The maximum atomic E-state index is 13.5. The van der Waals surface area contributed by atoms with Crippen LogP contribution in [-0.4, -0.2) is 25.7 Å². The van der Waals surface area contributed by atoms with Crippen molar-refractivity contribution < 1.29 is 5.11 Å². The van der Waals surface area contributed by atoms with E-state index in [2.05, 4.69) is 22.1 Å². The van der Waals surface area contributed by atoms with Crippen molar-refractivity contribution in [2.24, 2.45) is 0 Å². The predicted molar refractivity (Wildman–Crippen MR) is 119 cm³/mol. The quantitative estimate of drug-likeness (QED) is 0.521. The molecule has 0 bridgehead atoms. The molecule has 2 heterocycles. The van der Waals surface area contributed by atoms with Crippen LogP contribution >= 0.6 is 0 Å². The van der Waals surface area contributed by atoms with E-state index in [0.717, 1.165) is 58.8 Å². The van der Waals surface area contributed by atoms with Gasteiger partial charge in [0.05, 0.1) is 29.4 Å². The molecule has 2 atom stereocenters. The van der Waals surface area contributed by atoms with Gasteiger partial charge in [-0.05, 0) is 54.8 Å². The molecule has 152 valence electrons. The van der Waals surface area contributed by atoms with E-state index in [9.17, 15) is 9.90 Å². The van der Waals surface area contributed by atoms with Gasteiger partial charge in [-0.15, -0.1) is 0 Å². The van der Waals surface area contributed by atoms with Crippen molar-refractivity contribution in [1.29, 1.82) is 0 Å². The summed E-state index contributed by atoms with van der Waals surface area (Å²) >= 11 is 0. The van der Waals surface area contributed by atoms with Gasteiger partial charge in [-0.1, -0.05) is 43.2 Å². The van der Waals surface area contributed by atoms with Gasteiger partial charge in [0.1, 0.15) is 0 Å². The van der Waals surface area contributed by atoms with Crippen molar-refractivity contribution in [1.82, 2.24) is 14.5 Å². The van der Waals surface area contributed by atoms with Crippen LogP contribution in [0, 0.1) is 6.92 Å². The number of pyridine rings is 1. The molecule has 0 spiro atoms. The molecule has 0 saturated heterocycles. The van der Waals surface area contributed by atoms with E-state index in [1.807, 2.05) is 43.5 Å². The van der Waals surface area contributed by atoms with Crippen LogP contribution in [0.2, 0.25) is 0 Å². The average Bonchev–Trinajstić information content (AvgIpc) is 2.77. The molecule has 1 saturated carbocycles. The molecule has 1 fully saturated rings. The summed E-state index contributed by atoms with van der Waals surface area (Å²) in [4.78, 5) is 22.6. The molecule has 0 aliphatic heterocycles. The molecule has 5 rings (SSSR count). The summed E-state index contributed by atoms with van der Waals surface area (Å²) < 4.78 is 1.65. The van der Waals surface area contributed by atoms with Gasteiger partial charge in [0.2, 0.25) is 0 Å². The van der Waals surface area contributed by atoms with Gasteiger partial charge in [0.15, 0.2) is 0 Å². The molecule has 30 heavy (non-hydrogen) atoms. The Morgan fingerprint density at radius 2 is 1.83 bits per heavy atom. The maximum Gasteiger partial charge on any atom is 0.261 e. The first-order valence-electron chi connectivity index (χ1n) is 10.6. The van der Waals surface area contributed by atoms with Gasteiger partial charge in [0.25, 0.3) is 5.56 Å². The second-order valence-corrected chi connectivity index (χ2v) is 8.34. The SMILES string of the molecule is Cc1ccc(Cc2cc3c(=O)n([C@H]4CCCC[C@H]4O)cnc3c3ccccc23)cn1. The molecular weight excluding hydrogens is 374 g/mol. The molecule has 1 aliphatic rings.